The number of morpholine rings is 1. The fraction of sp³-hybridized carbons (Fsp3) is 0.192. The van der Waals surface area contributed by atoms with Gasteiger partial charge in [-0.05, 0) is 48.0 Å². The average molecular weight is 456 g/mol. The van der Waals surface area contributed by atoms with Gasteiger partial charge in [0.2, 0.25) is 0 Å². The van der Waals surface area contributed by atoms with Gasteiger partial charge >= 0.3 is 0 Å². The number of pyridine rings is 2. The summed E-state index contributed by atoms with van der Waals surface area (Å²) in [5.41, 5.74) is 3.66. The van der Waals surface area contributed by atoms with E-state index in [0.717, 1.165) is 54.0 Å². The van der Waals surface area contributed by atoms with Gasteiger partial charge in [-0.25, -0.2) is 4.98 Å². The number of rotatable bonds is 5. The van der Waals surface area contributed by atoms with Crippen molar-refractivity contribution in [3.8, 4) is 11.1 Å². The molecule has 3 heterocycles. The van der Waals surface area contributed by atoms with Crippen LogP contribution < -0.4 is 21.1 Å². The fourth-order valence-corrected chi connectivity index (χ4v) is 4.20. The summed E-state index contributed by atoms with van der Waals surface area (Å²) in [4.78, 5) is 34.3. The number of nitrogens with zero attached hydrogens (tertiary/aromatic N) is 2. The van der Waals surface area contributed by atoms with Crippen LogP contribution in [0, 0.1) is 0 Å². The number of carbonyl (C=O) groups is 1. The molecule has 4 aromatic rings. The van der Waals surface area contributed by atoms with Crippen LogP contribution in [-0.4, -0.2) is 49.2 Å². The van der Waals surface area contributed by atoms with Gasteiger partial charge in [0.25, 0.3) is 11.5 Å². The van der Waals surface area contributed by atoms with E-state index in [9.17, 15) is 9.59 Å². The van der Waals surface area contributed by atoms with E-state index in [4.69, 9.17) is 4.74 Å². The molecule has 1 amide bonds. The number of carbonyl (C=O) groups excluding carboxylic acids is 1. The number of aromatic nitrogens is 2. The molecular weight excluding hydrogens is 430 g/mol. The molecular formula is C26H25N5O3. The molecule has 172 valence electrons. The van der Waals surface area contributed by atoms with Gasteiger partial charge in [0.05, 0.1) is 18.8 Å². The smallest absolute Gasteiger partial charge is 0.256 e. The minimum absolute atomic E-state index is 0.172. The molecule has 0 saturated carbocycles. The number of ether oxygens (including phenoxy) is 1. The Labute approximate surface area is 196 Å². The summed E-state index contributed by atoms with van der Waals surface area (Å²) in [5, 5.41) is 7.55. The fourth-order valence-electron chi connectivity index (χ4n) is 4.20. The summed E-state index contributed by atoms with van der Waals surface area (Å²) in [5.74, 6) is 0.477. The molecule has 2 aromatic carbocycles. The number of H-pyrrole nitrogens is 1. The second-order valence-electron chi connectivity index (χ2n) is 8.04. The second kappa shape index (κ2) is 9.36. The Morgan fingerprint density at radius 1 is 1.00 bits per heavy atom. The summed E-state index contributed by atoms with van der Waals surface area (Å²) >= 11 is 0. The van der Waals surface area contributed by atoms with E-state index in [-0.39, 0.29) is 11.5 Å². The third-order valence-corrected chi connectivity index (χ3v) is 6.00. The van der Waals surface area contributed by atoms with Crippen molar-refractivity contribution in [3.05, 3.63) is 82.9 Å². The zero-order chi connectivity index (χ0) is 23.5. The number of benzene rings is 2. The van der Waals surface area contributed by atoms with Crippen LogP contribution in [0.15, 0.2) is 71.8 Å². The van der Waals surface area contributed by atoms with Gasteiger partial charge in [0.15, 0.2) is 0 Å². The summed E-state index contributed by atoms with van der Waals surface area (Å²) < 4.78 is 5.43. The van der Waals surface area contributed by atoms with Crippen molar-refractivity contribution in [3.63, 3.8) is 0 Å². The minimum atomic E-state index is -0.202. The predicted octanol–water partition coefficient (Wildman–Crippen LogP) is 3.53. The quantitative estimate of drug-likeness (QED) is 0.426. The minimum Gasteiger partial charge on any atom is -0.378 e. The van der Waals surface area contributed by atoms with Gasteiger partial charge in [-0.2, -0.15) is 0 Å². The Morgan fingerprint density at radius 3 is 2.44 bits per heavy atom. The van der Waals surface area contributed by atoms with Gasteiger partial charge in [-0.3, -0.25) is 9.59 Å². The van der Waals surface area contributed by atoms with Crippen molar-refractivity contribution in [1.82, 2.24) is 15.3 Å². The van der Waals surface area contributed by atoms with Gasteiger partial charge in [-0.1, -0.05) is 12.1 Å². The van der Waals surface area contributed by atoms with E-state index in [1.807, 2.05) is 18.2 Å². The molecule has 3 N–H and O–H groups in total. The van der Waals surface area contributed by atoms with E-state index in [2.05, 4.69) is 37.6 Å². The maximum atomic E-state index is 12.8. The maximum Gasteiger partial charge on any atom is 0.256 e. The molecule has 34 heavy (non-hydrogen) atoms. The van der Waals surface area contributed by atoms with E-state index >= 15 is 0 Å². The zero-order valence-electron chi connectivity index (χ0n) is 18.8. The van der Waals surface area contributed by atoms with E-state index < -0.39 is 0 Å². The van der Waals surface area contributed by atoms with E-state index in [1.54, 1.807) is 43.7 Å². The Hall–Kier alpha value is -4.17. The summed E-state index contributed by atoms with van der Waals surface area (Å²) in [6, 6.07) is 17.0. The van der Waals surface area contributed by atoms with E-state index in [0.29, 0.717) is 16.9 Å². The number of hydrogen-bond donors (Lipinski definition) is 3. The van der Waals surface area contributed by atoms with Crippen molar-refractivity contribution in [2.75, 3.05) is 43.6 Å². The van der Waals surface area contributed by atoms with Crippen LogP contribution in [0.1, 0.15) is 10.4 Å². The monoisotopic (exact) mass is 455 g/mol. The molecule has 0 radical (unpaired) electrons. The Morgan fingerprint density at radius 2 is 1.74 bits per heavy atom. The molecule has 8 heteroatoms. The molecule has 0 aliphatic carbocycles. The summed E-state index contributed by atoms with van der Waals surface area (Å²) in [6.45, 7) is 3.26. The number of hydrogen-bond acceptors (Lipinski definition) is 6. The number of nitrogens with one attached hydrogen (secondary N) is 3. The largest absolute Gasteiger partial charge is 0.378 e. The highest BCUT2D eigenvalue weighted by atomic mass is 16.5. The molecule has 8 nitrogen and oxygen atoms in total. The lowest BCUT2D eigenvalue weighted by atomic mass is 10.00. The van der Waals surface area contributed by atoms with E-state index in [1.165, 1.54) is 0 Å². The SMILES string of the molecule is CNC(=O)c1ccc(-c2c(=O)[nH]cc3c(Nc4ccc(N5CCOCC5)cc4)nccc23)cc1. The number of amides is 1. The summed E-state index contributed by atoms with van der Waals surface area (Å²) in [7, 11) is 1.59. The Balaban J connectivity index is 1.47. The molecule has 0 unspecified atom stereocenters. The molecule has 1 fully saturated rings. The third kappa shape index (κ3) is 4.23. The first kappa shape index (κ1) is 21.7. The third-order valence-electron chi connectivity index (χ3n) is 6.00. The maximum absolute atomic E-state index is 12.8. The first-order valence-electron chi connectivity index (χ1n) is 11.2. The Bertz CT molecular complexity index is 1370. The van der Waals surface area contributed by atoms with Crippen LogP contribution >= 0.6 is 0 Å². The Kier molecular flexibility index (Phi) is 5.97. The van der Waals surface area contributed by atoms with Crippen molar-refractivity contribution in [2.45, 2.75) is 0 Å². The lowest BCUT2D eigenvalue weighted by molar-refractivity contribution is 0.0963. The molecule has 1 aliphatic rings. The molecule has 1 saturated heterocycles. The molecule has 1 aliphatic heterocycles. The van der Waals surface area contributed by atoms with Crippen LogP contribution in [0.2, 0.25) is 0 Å². The first-order chi connectivity index (χ1) is 16.6. The lowest BCUT2D eigenvalue weighted by Gasteiger charge is -2.28. The highest BCUT2D eigenvalue weighted by Gasteiger charge is 2.14. The highest BCUT2D eigenvalue weighted by molar-refractivity contribution is 6.02. The highest BCUT2D eigenvalue weighted by Crippen LogP contribution is 2.30. The number of aromatic amines is 1. The average Bonchev–Trinajstić information content (AvgIpc) is 2.89. The molecule has 0 bridgehead atoms. The molecule has 5 rings (SSSR count). The molecule has 0 spiro atoms. The van der Waals surface area contributed by atoms with Crippen molar-refractivity contribution >= 4 is 33.9 Å². The standard InChI is InChI=1S/C26H25N5O3/c1-27-25(32)18-4-2-17(3-5-18)23-21-10-11-28-24(22(21)16-29-26(23)33)30-19-6-8-20(9-7-19)31-12-14-34-15-13-31/h2-11,16H,12-15H2,1H3,(H,27,32)(H,28,30)(H,29,33). The summed E-state index contributed by atoms with van der Waals surface area (Å²) in [6.07, 6.45) is 3.37. The first-order valence-corrected chi connectivity index (χ1v) is 11.2. The van der Waals surface area contributed by atoms with Gasteiger partial charge < -0.3 is 25.3 Å². The second-order valence-corrected chi connectivity index (χ2v) is 8.04. The van der Waals surface area contributed by atoms with Crippen LogP contribution in [0.3, 0.4) is 0 Å². The van der Waals surface area contributed by atoms with Gasteiger partial charge in [0.1, 0.15) is 5.82 Å². The van der Waals surface area contributed by atoms with Crippen LogP contribution in [0.25, 0.3) is 21.9 Å². The lowest BCUT2D eigenvalue weighted by Crippen LogP contribution is -2.36. The predicted molar refractivity (Wildman–Crippen MR) is 134 cm³/mol. The van der Waals surface area contributed by atoms with Crippen LogP contribution in [0.5, 0.6) is 0 Å². The molecule has 0 atom stereocenters. The molecule has 2 aromatic heterocycles. The number of anilines is 3. The topological polar surface area (TPSA) is 99.3 Å². The van der Waals surface area contributed by atoms with Crippen LogP contribution in [0.4, 0.5) is 17.2 Å². The van der Waals surface area contributed by atoms with Crippen molar-refractivity contribution < 1.29 is 9.53 Å². The normalized spacial score (nSPS) is 13.6. The zero-order valence-corrected chi connectivity index (χ0v) is 18.8. The van der Waals surface area contributed by atoms with Gasteiger partial charge in [-0.15, -0.1) is 0 Å². The van der Waals surface area contributed by atoms with Crippen molar-refractivity contribution in [2.24, 2.45) is 0 Å². The van der Waals surface area contributed by atoms with Crippen molar-refractivity contribution in [1.29, 1.82) is 0 Å². The number of fused-ring (bicyclic) bond motifs is 1. The van der Waals surface area contributed by atoms with Gasteiger partial charge in [0, 0.05) is 60.2 Å². The van der Waals surface area contributed by atoms with Crippen LogP contribution in [-0.2, 0) is 4.74 Å².